The lowest BCUT2D eigenvalue weighted by Gasteiger charge is -2.25. The van der Waals surface area contributed by atoms with E-state index in [1.165, 1.54) is 5.56 Å². The van der Waals surface area contributed by atoms with Crippen molar-refractivity contribution in [2.24, 2.45) is 0 Å². The molecular formula is C34H51N5O10S. The maximum absolute atomic E-state index is 13.2. The van der Waals surface area contributed by atoms with E-state index in [4.69, 9.17) is 13.7 Å². The van der Waals surface area contributed by atoms with Gasteiger partial charge in [-0.25, -0.2) is 13.7 Å². The zero-order chi connectivity index (χ0) is 36.5. The molecule has 0 aromatic heterocycles. The Morgan fingerprint density at radius 1 is 1.16 bits per heavy atom. The van der Waals surface area contributed by atoms with Gasteiger partial charge >= 0.3 is 16.4 Å². The first-order valence-corrected chi connectivity index (χ1v) is 18.7. The van der Waals surface area contributed by atoms with Crippen molar-refractivity contribution < 1.29 is 46.0 Å². The van der Waals surface area contributed by atoms with Crippen molar-refractivity contribution in [3.8, 4) is 0 Å². The Bertz CT molecular complexity index is 1510. The lowest BCUT2D eigenvalue weighted by molar-refractivity contribution is -0.138. The van der Waals surface area contributed by atoms with Gasteiger partial charge in [0.25, 0.3) is 5.91 Å². The quantitative estimate of drug-likeness (QED) is 0.120. The molecule has 0 radical (unpaired) electrons. The first kappa shape index (κ1) is 39.2. The molecule has 4 amide bonds. The number of benzene rings is 1. The van der Waals surface area contributed by atoms with Crippen molar-refractivity contribution in [2.45, 2.75) is 128 Å². The van der Waals surface area contributed by atoms with Gasteiger partial charge in [-0.3, -0.25) is 14.4 Å². The van der Waals surface area contributed by atoms with Crippen molar-refractivity contribution >= 4 is 40.4 Å². The molecule has 3 unspecified atom stereocenters. The fourth-order valence-electron chi connectivity index (χ4n) is 6.11. The first-order valence-electron chi connectivity index (χ1n) is 17.3. The Kier molecular flexibility index (Phi) is 13.4. The topological polar surface area (TPSA) is 199 Å². The van der Waals surface area contributed by atoms with E-state index in [0.717, 1.165) is 30.4 Å². The fraction of sp³-hybridized carbons (Fsp3) is 0.676. The molecular weight excluding hydrogens is 670 g/mol. The molecule has 2 fully saturated rings. The summed E-state index contributed by atoms with van der Waals surface area (Å²) >= 11 is 0. The van der Waals surface area contributed by atoms with E-state index < -0.39 is 57.6 Å². The molecule has 50 heavy (non-hydrogen) atoms. The molecule has 1 aromatic carbocycles. The van der Waals surface area contributed by atoms with Crippen LogP contribution >= 0.6 is 0 Å². The van der Waals surface area contributed by atoms with Crippen LogP contribution in [-0.4, -0.2) is 92.5 Å². The molecule has 3 aliphatic rings. The number of amides is 4. The maximum Gasteiger partial charge on any atom is 0.408 e. The SMILES string of the molecule is CCCC(NC(=O)C1CC(OCC(=O)N2Cc3cccc(CCCCC(C)(C)OC(=O)NCC=O)c3C2)CN1)C(=O)NS(=O)(=O)OC1(C)CC1. The molecule has 1 saturated heterocycles. The van der Waals surface area contributed by atoms with E-state index in [1.807, 2.05) is 37.6 Å². The second kappa shape index (κ2) is 17.1. The number of aryl methyl sites for hydroxylation is 1. The van der Waals surface area contributed by atoms with Crippen LogP contribution in [0.1, 0.15) is 95.8 Å². The van der Waals surface area contributed by atoms with Gasteiger partial charge in [0, 0.05) is 19.6 Å². The summed E-state index contributed by atoms with van der Waals surface area (Å²) in [4.78, 5) is 62.9. The van der Waals surface area contributed by atoms with Gasteiger partial charge in [0.1, 0.15) is 24.5 Å². The van der Waals surface area contributed by atoms with Gasteiger partial charge in [-0.15, -0.1) is 0 Å². The third kappa shape index (κ3) is 11.7. The lowest BCUT2D eigenvalue weighted by atomic mass is 9.95. The Hall–Kier alpha value is -3.60. The number of ether oxygens (including phenoxy) is 2. The number of aldehydes is 1. The molecule has 1 saturated carbocycles. The highest BCUT2D eigenvalue weighted by atomic mass is 32.2. The van der Waals surface area contributed by atoms with Gasteiger partial charge in [0.05, 0.1) is 24.3 Å². The normalized spacial score (nSPS) is 20.0. The van der Waals surface area contributed by atoms with Crippen LogP contribution in [0.2, 0.25) is 0 Å². The number of nitrogens with zero attached hydrogens (tertiary/aromatic N) is 1. The zero-order valence-corrected chi connectivity index (χ0v) is 30.2. The van der Waals surface area contributed by atoms with Crippen molar-refractivity contribution in [3.63, 3.8) is 0 Å². The summed E-state index contributed by atoms with van der Waals surface area (Å²) in [6.45, 7) is 8.21. The smallest absolute Gasteiger partial charge is 0.408 e. The highest BCUT2D eigenvalue weighted by molar-refractivity contribution is 7.85. The summed E-state index contributed by atoms with van der Waals surface area (Å²) < 4.78 is 42.9. The monoisotopic (exact) mass is 721 g/mol. The Morgan fingerprint density at radius 2 is 1.92 bits per heavy atom. The maximum atomic E-state index is 13.2. The molecule has 2 aliphatic heterocycles. The summed E-state index contributed by atoms with van der Waals surface area (Å²) in [5, 5.41) is 8.10. The van der Waals surface area contributed by atoms with Gasteiger partial charge in [-0.1, -0.05) is 31.5 Å². The van der Waals surface area contributed by atoms with Crippen LogP contribution in [0.5, 0.6) is 0 Å². The Morgan fingerprint density at radius 3 is 2.62 bits per heavy atom. The van der Waals surface area contributed by atoms with E-state index in [-0.39, 0.29) is 31.9 Å². The van der Waals surface area contributed by atoms with Crippen LogP contribution in [-0.2, 0) is 62.6 Å². The number of nitrogens with one attached hydrogen (secondary N) is 4. The number of rotatable bonds is 19. The number of hydrogen-bond acceptors (Lipinski definition) is 11. The van der Waals surface area contributed by atoms with Crippen LogP contribution in [0.3, 0.4) is 0 Å². The molecule has 278 valence electrons. The average Bonchev–Trinajstić information content (AvgIpc) is 3.40. The van der Waals surface area contributed by atoms with Crippen molar-refractivity contribution in [1.29, 1.82) is 0 Å². The molecule has 15 nitrogen and oxygen atoms in total. The molecule has 0 bridgehead atoms. The van der Waals surface area contributed by atoms with Crippen LogP contribution < -0.4 is 20.7 Å². The van der Waals surface area contributed by atoms with E-state index in [1.54, 1.807) is 11.8 Å². The van der Waals surface area contributed by atoms with Gasteiger partial charge in [0.15, 0.2) is 0 Å². The summed E-state index contributed by atoms with van der Waals surface area (Å²) in [5.74, 6) is -1.47. The van der Waals surface area contributed by atoms with E-state index in [2.05, 4.69) is 22.0 Å². The molecule has 3 atom stereocenters. The van der Waals surface area contributed by atoms with Crippen LogP contribution in [0, 0.1) is 0 Å². The lowest BCUT2D eigenvalue weighted by Crippen LogP contribution is -2.52. The number of fused-ring (bicyclic) bond motifs is 1. The summed E-state index contributed by atoms with van der Waals surface area (Å²) in [7, 11) is -4.31. The summed E-state index contributed by atoms with van der Waals surface area (Å²) in [6, 6.07) is 4.36. The molecule has 4 rings (SSSR count). The van der Waals surface area contributed by atoms with Crippen LogP contribution in [0.25, 0.3) is 0 Å². The Balaban J connectivity index is 1.19. The van der Waals surface area contributed by atoms with Crippen molar-refractivity contribution in [3.05, 3.63) is 34.9 Å². The van der Waals surface area contributed by atoms with Gasteiger partial charge in [-0.05, 0) is 88.8 Å². The average molecular weight is 722 g/mol. The van der Waals surface area contributed by atoms with Crippen molar-refractivity contribution in [1.82, 2.24) is 25.6 Å². The van der Waals surface area contributed by atoms with E-state index in [0.29, 0.717) is 51.6 Å². The second-order valence-corrected chi connectivity index (χ2v) is 15.4. The number of carbonyl (C=O) groups excluding carboxylic acids is 5. The van der Waals surface area contributed by atoms with Gasteiger partial charge in [0.2, 0.25) is 11.8 Å². The predicted molar refractivity (Wildman–Crippen MR) is 182 cm³/mol. The van der Waals surface area contributed by atoms with E-state index >= 15 is 0 Å². The zero-order valence-electron chi connectivity index (χ0n) is 29.4. The first-order chi connectivity index (χ1) is 23.6. The third-order valence-electron chi connectivity index (χ3n) is 9.16. The molecule has 0 spiro atoms. The molecule has 1 aliphatic carbocycles. The standard InChI is InChI=1S/C34H51N5O10S/c1-5-9-27(31(43)38-50(45,46)49-34(4)14-15-34)37-30(42)28-18-25(19-36-28)47-22-29(41)39-20-24-12-8-11-23(26(24)21-39)10-6-7-13-33(2,3)48-32(44)35-16-17-40/h8,11-12,17,25,27-28,36H,5-7,9-10,13-16,18-22H2,1-4H3,(H,35,44)(H,37,42)(H,38,43). The predicted octanol–water partition coefficient (Wildman–Crippen LogP) is 1.91. The summed E-state index contributed by atoms with van der Waals surface area (Å²) in [5.41, 5.74) is 1.94. The highest BCUT2D eigenvalue weighted by Gasteiger charge is 2.44. The highest BCUT2D eigenvalue weighted by Crippen LogP contribution is 2.39. The third-order valence-corrected chi connectivity index (χ3v) is 10.2. The number of unbranched alkanes of at least 4 members (excludes halogenated alkanes) is 1. The largest absolute Gasteiger partial charge is 0.444 e. The van der Waals surface area contributed by atoms with Gasteiger partial charge in [-0.2, -0.15) is 8.42 Å². The summed E-state index contributed by atoms with van der Waals surface area (Å²) in [6.07, 6.45) is 4.98. The Labute approximate surface area is 294 Å². The molecule has 16 heteroatoms. The second-order valence-electron chi connectivity index (χ2n) is 14.1. The van der Waals surface area contributed by atoms with Crippen LogP contribution in [0.15, 0.2) is 18.2 Å². The molecule has 4 N–H and O–H groups in total. The van der Waals surface area contributed by atoms with E-state index in [9.17, 15) is 32.4 Å². The molecule has 1 aromatic rings. The van der Waals surface area contributed by atoms with Crippen LogP contribution in [0.4, 0.5) is 4.79 Å². The van der Waals surface area contributed by atoms with Crippen molar-refractivity contribution in [2.75, 3.05) is 19.7 Å². The fourth-order valence-corrected chi connectivity index (χ4v) is 7.24. The minimum Gasteiger partial charge on any atom is -0.444 e. The number of carbonyl (C=O) groups is 5. The van der Waals surface area contributed by atoms with Gasteiger partial charge < -0.3 is 35.1 Å². The number of hydrogen-bond donors (Lipinski definition) is 4. The number of alkyl carbamates (subject to hydrolysis) is 1. The minimum absolute atomic E-state index is 0.0895. The minimum atomic E-state index is -4.31. The molecule has 2 heterocycles.